The molecule has 0 unspecified atom stereocenters. The number of benzene rings is 2. The zero-order chi connectivity index (χ0) is 20.9. The highest BCUT2D eigenvalue weighted by Gasteiger charge is 2.50. The molecule has 150 valence electrons. The Bertz CT molecular complexity index is 937. The van der Waals surface area contributed by atoms with E-state index in [9.17, 15) is 18.8 Å². The normalized spacial score (nSPS) is 15.0. The van der Waals surface area contributed by atoms with Crippen LogP contribution in [0.1, 0.15) is 11.1 Å². The third-order valence-electron chi connectivity index (χ3n) is 4.91. The number of nitrogens with one attached hydrogen (secondary N) is 1. The summed E-state index contributed by atoms with van der Waals surface area (Å²) in [5.41, 5.74) is 5.37. The van der Waals surface area contributed by atoms with Gasteiger partial charge in [0.2, 0.25) is 17.7 Å². The van der Waals surface area contributed by atoms with Gasteiger partial charge >= 0.3 is 0 Å². The summed E-state index contributed by atoms with van der Waals surface area (Å²) in [6.45, 7) is -0.0481. The fourth-order valence-corrected chi connectivity index (χ4v) is 3.37. The van der Waals surface area contributed by atoms with E-state index in [0.717, 1.165) is 5.56 Å². The number of carbonyl (C=O) groups excluding carboxylic acids is 3. The van der Waals surface area contributed by atoms with Gasteiger partial charge in [-0.25, -0.2) is 4.39 Å². The molecule has 3 amide bonds. The van der Waals surface area contributed by atoms with Crippen molar-refractivity contribution in [3.05, 3.63) is 77.6 Å². The molecule has 0 atom stereocenters. The lowest BCUT2D eigenvalue weighted by Crippen LogP contribution is -2.65. The number of nitrogens with two attached hydrogens (primary N) is 1. The second-order valence-corrected chi connectivity index (χ2v) is 7.14. The van der Waals surface area contributed by atoms with Gasteiger partial charge in [-0.3, -0.25) is 14.4 Å². The first-order chi connectivity index (χ1) is 13.9. The maximum absolute atomic E-state index is 14.1. The van der Waals surface area contributed by atoms with Gasteiger partial charge in [-0.2, -0.15) is 0 Å². The van der Waals surface area contributed by atoms with Crippen LogP contribution < -0.4 is 11.1 Å². The molecule has 29 heavy (non-hydrogen) atoms. The average Bonchev–Trinajstić information content (AvgIpc) is 2.69. The molecule has 7 heteroatoms. The Labute approximate surface area is 168 Å². The Balaban J connectivity index is 1.72. The number of primary amides is 1. The van der Waals surface area contributed by atoms with Gasteiger partial charge in [-0.15, -0.1) is 0 Å². The Hall–Kier alpha value is -3.48. The lowest BCUT2D eigenvalue weighted by atomic mass is 9.73. The van der Waals surface area contributed by atoms with Crippen molar-refractivity contribution in [3.63, 3.8) is 0 Å². The summed E-state index contributed by atoms with van der Waals surface area (Å²) >= 11 is 0. The summed E-state index contributed by atoms with van der Waals surface area (Å²) in [6.07, 6.45) is 3.27. The van der Waals surface area contributed by atoms with Crippen molar-refractivity contribution in [3.8, 4) is 0 Å². The number of rotatable bonds is 7. The lowest BCUT2D eigenvalue weighted by Gasteiger charge is -2.48. The van der Waals surface area contributed by atoms with Crippen LogP contribution in [0.4, 0.5) is 4.39 Å². The van der Waals surface area contributed by atoms with Crippen LogP contribution in [-0.4, -0.2) is 42.3 Å². The van der Waals surface area contributed by atoms with Gasteiger partial charge < -0.3 is 16.0 Å². The molecule has 0 aromatic heterocycles. The molecular weight excluding hydrogens is 373 g/mol. The van der Waals surface area contributed by atoms with Gasteiger partial charge in [0.05, 0.1) is 12.0 Å². The third-order valence-corrected chi connectivity index (χ3v) is 4.91. The van der Waals surface area contributed by atoms with E-state index in [4.69, 9.17) is 5.73 Å². The summed E-state index contributed by atoms with van der Waals surface area (Å²) < 4.78 is 14.1. The highest BCUT2D eigenvalue weighted by atomic mass is 19.1. The number of halogens is 1. The fourth-order valence-electron chi connectivity index (χ4n) is 3.37. The van der Waals surface area contributed by atoms with Crippen LogP contribution in [0.5, 0.6) is 0 Å². The van der Waals surface area contributed by atoms with E-state index in [2.05, 4.69) is 5.32 Å². The number of amides is 3. The molecule has 0 aliphatic carbocycles. The van der Waals surface area contributed by atoms with Gasteiger partial charge in [0.25, 0.3) is 0 Å². The predicted octanol–water partition coefficient (Wildman–Crippen LogP) is 1.51. The van der Waals surface area contributed by atoms with Gasteiger partial charge in [0.1, 0.15) is 5.82 Å². The van der Waals surface area contributed by atoms with Crippen LogP contribution in [0.25, 0.3) is 6.08 Å². The first-order valence-electron chi connectivity index (χ1n) is 9.22. The van der Waals surface area contributed by atoms with Crippen LogP contribution in [-0.2, 0) is 20.8 Å². The predicted molar refractivity (Wildman–Crippen MR) is 107 cm³/mol. The lowest BCUT2D eigenvalue weighted by molar-refractivity contribution is -0.151. The standard InChI is InChI=1S/C22H22FN3O3/c23-18-9-5-4-8-17(18)12-22(21(29)25-13-19(24)27)14-26(15-22)20(28)11-10-16-6-2-1-3-7-16/h1-11H,12-15H2,(H2,24,27)(H,25,29)/b11-10+. The SMILES string of the molecule is NC(=O)CNC(=O)C1(Cc2ccccc2F)CN(C(=O)/C=C/c2ccccc2)C1. The summed E-state index contributed by atoms with van der Waals surface area (Å²) in [6, 6.07) is 15.6. The zero-order valence-corrected chi connectivity index (χ0v) is 15.8. The minimum absolute atomic E-state index is 0.121. The average molecular weight is 395 g/mol. The molecule has 1 aliphatic rings. The van der Waals surface area contributed by atoms with Gasteiger partial charge in [0, 0.05) is 19.2 Å². The Kier molecular flexibility index (Phi) is 6.07. The molecule has 0 saturated carbocycles. The van der Waals surface area contributed by atoms with Crippen molar-refractivity contribution in [1.82, 2.24) is 10.2 Å². The van der Waals surface area contributed by atoms with Gasteiger partial charge in [-0.05, 0) is 29.7 Å². The molecule has 2 aromatic rings. The number of hydrogen-bond acceptors (Lipinski definition) is 3. The van der Waals surface area contributed by atoms with Crippen LogP contribution in [0.15, 0.2) is 60.7 Å². The van der Waals surface area contributed by atoms with Crippen molar-refractivity contribution in [2.45, 2.75) is 6.42 Å². The molecule has 1 heterocycles. The highest BCUT2D eigenvalue weighted by molar-refractivity contribution is 5.95. The van der Waals surface area contributed by atoms with Crippen molar-refractivity contribution in [1.29, 1.82) is 0 Å². The molecule has 6 nitrogen and oxygen atoms in total. The number of carbonyl (C=O) groups is 3. The largest absolute Gasteiger partial charge is 0.368 e. The first kappa shape index (κ1) is 20.3. The minimum Gasteiger partial charge on any atom is -0.368 e. The molecule has 0 radical (unpaired) electrons. The molecule has 2 aromatic carbocycles. The Morgan fingerprint density at radius 2 is 1.72 bits per heavy atom. The first-order valence-corrected chi connectivity index (χ1v) is 9.22. The molecule has 3 rings (SSSR count). The zero-order valence-electron chi connectivity index (χ0n) is 15.8. The number of hydrogen-bond donors (Lipinski definition) is 2. The molecule has 0 bridgehead atoms. The van der Waals surface area contributed by atoms with Crippen molar-refractivity contribution in [2.24, 2.45) is 11.1 Å². The number of likely N-dealkylation sites (tertiary alicyclic amines) is 1. The molecule has 0 spiro atoms. The fraction of sp³-hybridized carbons (Fsp3) is 0.227. The quantitative estimate of drug-likeness (QED) is 0.696. The summed E-state index contributed by atoms with van der Waals surface area (Å²) in [4.78, 5) is 37.7. The minimum atomic E-state index is -1.01. The molecule has 1 saturated heterocycles. The van der Waals surface area contributed by atoms with E-state index in [1.54, 1.807) is 24.3 Å². The van der Waals surface area contributed by atoms with Crippen LogP contribution >= 0.6 is 0 Å². The van der Waals surface area contributed by atoms with E-state index in [0.29, 0.717) is 5.56 Å². The highest BCUT2D eigenvalue weighted by Crippen LogP contribution is 2.35. The Morgan fingerprint density at radius 1 is 1.07 bits per heavy atom. The summed E-state index contributed by atoms with van der Waals surface area (Å²) in [5, 5.41) is 2.49. The molecular formula is C22H22FN3O3. The van der Waals surface area contributed by atoms with E-state index in [-0.39, 0.29) is 32.0 Å². The van der Waals surface area contributed by atoms with E-state index in [1.807, 2.05) is 30.3 Å². The molecule has 1 fully saturated rings. The molecule has 3 N–H and O–H groups in total. The van der Waals surface area contributed by atoms with Gasteiger partial charge in [0.15, 0.2) is 0 Å². The van der Waals surface area contributed by atoms with E-state index < -0.39 is 23.0 Å². The monoisotopic (exact) mass is 395 g/mol. The van der Waals surface area contributed by atoms with Crippen LogP contribution in [0, 0.1) is 11.2 Å². The van der Waals surface area contributed by atoms with Crippen molar-refractivity contribution < 1.29 is 18.8 Å². The number of nitrogens with zero attached hydrogens (tertiary/aromatic N) is 1. The topological polar surface area (TPSA) is 92.5 Å². The maximum atomic E-state index is 14.1. The Morgan fingerprint density at radius 3 is 2.38 bits per heavy atom. The van der Waals surface area contributed by atoms with E-state index >= 15 is 0 Å². The maximum Gasteiger partial charge on any atom is 0.246 e. The van der Waals surface area contributed by atoms with E-state index in [1.165, 1.54) is 17.0 Å². The smallest absolute Gasteiger partial charge is 0.246 e. The summed E-state index contributed by atoms with van der Waals surface area (Å²) in [7, 11) is 0. The van der Waals surface area contributed by atoms with Crippen LogP contribution in [0.3, 0.4) is 0 Å². The van der Waals surface area contributed by atoms with Crippen LogP contribution in [0.2, 0.25) is 0 Å². The van der Waals surface area contributed by atoms with Crippen molar-refractivity contribution in [2.75, 3.05) is 19.6 Å². The second-order valence-electron chi connectivity index (χ2n) is 7.14. The summed E-state index contributed by atoms with van der Waals surface area (Å²) in [5.74, 6) is -1.74. The molecule has 1 aliphatic heterocycles. The second kappa shape index (κ2) is 8.68. The van der Waals surface area contributed by atoms with Crippen molar-refractivity contribution >= 4 is 23.8 Å². The van der Waals surface area contributed by atoms with Gasteiger partial charge in [-0.1, -0.05) is 48.5 Å². The third kappa shape index (κ3) is 4.87.